The van der Waals surface area contributed by atoms with E-state index in [1.165, 1.54) is 12.2 Å². The van der Waals surface area contributed by atoms with Crippen LogP contribution < -0.4 is 10.6 Å². The molecule has 1 saturated heterocycles. The standard InChI is InChI=1S/C13H22N2O3S/c1-13(11(16)17)6-2-5-10(13)15-12(18)14-8-9-4-3-7-19-9/h9-10H,2-8H2,1H3,(H,16,17)(H2,14,15,18). The van der Waals surface area contributed by atoms with Gasteiger partial charge in [0.2, 0.25) is 0 Å². The van der Waals surface area contributed by atoms with Gasteiger partial charge in [-0.15, -0.1) is 0 Å². The molecule has 0 aromatic heterocycles. The van der Waals surface area contributed by atoms with Gasteiger partial charge in [-0.3, -0.25) is 4.79 Å². The molecule has 0 bridgehead atoms. The molecule has 3 N–H and O–H groups in total. The van der Waals surface area contributed by atoms with Crippen LogP contribution in [0.2, 0.25) is 0 Å². The summed E-state index contributed by atoms with van der Waals surface area (Å²) in [6, 6.07) is -0.492. The number of carbonyl (C=O) groups is 2. The van der Waals surface area contributed by atoms with E-state index >= 15 is 0 Å². The molecule has 0 spiro atoms. The fourth-order valence-electron chi connectivity index (χ4n) is 2.87. The third-order valence-corrected chi connectivity index (χ3v) is 5.66. The number of nitrogens with one attached hydrogen (secondary N) is 2. The summed E-state index contributed by atoms with van der Waals surface area (Å²) in [6.07, 6.45) is 4.60. The van der Waals surface area contributed by atoms with Gasteiger partial charge in [0, 0.05) is 17.8 Å². The molecule has 0 aromatic carbocycles. The predicted octanol–water partition coefficient (Wildman–Crippen LogP) is 1.82. The van der Waals surface area contributed by atoms with Gasteiger partial charge in [-0.1, -0.05) is 6.42 Å². The first-order chi connectivity index (χ1) is 9.02. The molecule has 1 aliphatic heterocycles. The Hall–Kier alpha value is -0.910. The zero-order valence-corrected chi connectivity index (χ0v) is 12.1. The Labute approximate surface area is 117 Å². The van der Waals surface area contributed by atoms with Crippen LogP contribution >= 0.6 is 11.8 Å². The minimum atomic E-state index is -0.820. The summed E-state index contributed by atoms with van der Waals surface area (Å²) in [5.74, 6) is 0.356. The number of rotatable bonds is 4. The van der Waals surface area contributed by atoms with Crippen LogP contribution in [-0.2, 0) is 4.79 Å². The lowest BCUT2D eigenvalue weighted by molar-refractivity contribution is -0.148. The third kappa shape index (κ3) is 3.35. The number of carboxylic acid groups (broad SMARTS) is 1. The van der Waals surface area contributed by atoms with Crippen molar-refractivity contribution in [3.63, 3.8) is 0 Å². The van der Waals surface area contributed by atoms with Crippen LogP contribution in [0.3, 0.4) is 0 Å². The highest BCUT2D eigenvalue weighted by molar-refractivity contribution is 8.00. The van der Waals surface area contributed by atoms with E-state index in [4.69, 9.17) is 0 Å². The molecule has 2 rings (SSSR count). The molecule has 0 radical (unpaired) electrons. The van der Waals surface area contributed by atoms with Gasteiger partial charge in [0.05, 0.1) is 5.41 Å². The maximum absolute atomic E-state index is 11.8. The fraction of sp³-hybridized carbons (Fsp3) is 0.846. The minimum absolute atomic E-state index is 0.230. The monoisotopic (exact) mass is 286 g/mol. The number of hydrogen-bond acceptors (Lipinski definition) is 3. The first-order valence-corrected chi connectivity index (χ1v) is 7.96. The van der Waals surface area contributed by atoms with Gasteiger partial charge in [0.1, 0.15) is 0 Å². The van der Waals surface area contributed by atoms with Crippen molar-refractivity contribution in [2.75, 3.05) is 12.3 Å². The summed E-state index contributed by atoms with van der Waals surface area (Å²) < 4.78 is 0. The van der Waals surface area contributed by atoms with E-state index in [1.54, 1.807) is 6.92 Å². The smallest absolute Gasteiger partial charge is 0.315 e. The van der Waals surface area contributed by atoms with Crippen molar-refractivity contribution in [3.05, 3.63) is 0 Å². The SMILES string of the molecule is CC1(C(=O)O)CCCC1NC(=O)NCC1CCCS1. The number of urea groups is 1. The third-order valence-electron chi connectivity index (χ3n) is 4.27. The quantitative estimate of drug-likeness (QED) is 0.736. The van der Waals surface area contributed by atoms with E-state index in [2.05, 4.69) is 10.6 Å². The molecule has 2 fully saturated rings. The van der Waals surface area contributed by atoms with Crippen molar-refractivity contribution in [2.24, 2.45) is 5.41 Å². The first-order valence-electron chi connectivity index (χ1n) is 6.92. The van der Waals surface area contributed by atoms with E-state index in [9.17, 15) is 14.7 Å². The highest BCUT2D eigenvalue weighted by Gasteiger charge is 2.45. The van der Waals surface area contributed by atoms with E-state index in [0.29, 0.717) is 18.2 Å². The minimum Gasteiger partial charge on any atom is -0.481 e. The lowest BCUT2D eigenvalue weighted by Crippen LogP contribution is -2.50. The zero-order chi connectivity index (χ0) is 13.9. The number of amides is 2. The summed E-state index contributed by atoms with van der Waals surface area (Å²) in [4.78, 5) is 23.1. The Bertz CT molecular complexity index is 358. The summed E-state index contributed by atoms with van der Waals surface area (Å²) in [5, 5.41) is 15.5. The molecular formula is C13H22N2O3S. The summed E-state index contributed by atoms with van der Waals surface area (Å²) >= 11 is 1.90. The average Bonchev–Trinajstić information content (AvgIpc) is 2.98. The van der Waals surface area contributed by atoms with Crippen molar-refractivity contribution in [1.29, 1.82) is 0 Å². The molecule has 108 valence electrons. The topological polar surface area (TPSA) is 78.4 Å². The summed E-state index contributed by atoms with van der Waals surface area (Å²) in [5.41, 5.74) is -0.820. The van der Waals surface area contributed by atoms with E-state index < -0.39 is 11.4 Å². The maximum Gasteiger partial charge on any atom is 0.315 e. The second kappa shape index (κ2) is 6.03. The Kier molecular flexibility index (Phi) is 4.60. The lowest BCUT2D eigenvalue weighted by Gasteiger charge is -2.27. The number of aliphatic carboxylic acids is 1. The van der Waals surface area contributed by atoms with Gasteiger partial charge in [-0.05, 0) is 38.4 Å². The van der Waals surface area contributed by atoms with Gasteiger partial charge >= 0.3 is 12.0 Å². The van der Waals surface area contributed by atoms with Crippen LogP contribution in [0.1, 0.15) is 39.0 Å². The fourth-order valence-corrected chi connectivity index (χ4v) is 4.08. The molecule has 1 heterocycles. The molecule has 1 saturated carbocycles. The molecule has 1 aliphatic carbocycles. The molecular weight excluding hydrogens is 264 g/mol. The Morgan fingerprint density at radius 1 is 1.37 bits per heavy atom. The van der Waals surface area contributed by atoms with E-state index in [-0.39, 0.29) is 12.1 Å². The summed E-state index contributed by atoms with van der Waals surface area (Å²) in [7, 11) is 0. The zero-order valence-electron chi connectivity index (χ0n) is 11.3. The molecule has 5 nitrogen and oxygen atoms in total. The Morgan fingerprint density at radius 3 is 2.79 bits per heavy atom. The van der Waals surface area contributed by atoms with Crippen LogP contribution in [0.15, 0.2) is 0 Å². The van der Waals surface area contributed by atoms with Gasteiger partial charge in [-0.2, -0.15) is 11.8 Å². The molecule has 3 unspecified atom stereocenters. The van der Waals surface area contributed by atoms with Crippen LogP contribution in [0, 0.1) is 5.41 Å². The van der Waals surface area contributed by atoms with Gasteiger partial charge in [0.25, 0.3) is 0 Å². The predicted molar refractivity (Wildman–Crippen MR) is 75.4 cm³/mol. The molecule has 0 aromatic rings. The van der Waals surface area contributed by atoms with Crippen LogP contribution in [0.5, 0.6) is 0 Å². The maximum atomic E-state index is 11.8. The Balaban J connectivity index is 1.79. The normalized spacial score (nSPS) is 34.2. The van der Waals surface area contributed by atoms with Crippen molar-refractivity contribution in [1.82, 2.24) is 10.6 Å². The van der Waals surface area contributed by atoms with Crippen LogP contribution in [0.4, 0.5) is 4.79 Å². The molecule has 19 heavy (non-hydrogen) atoms. The molecule has 2 amide bonds. The van der Waals surface area contributed by atoms with Crippen molar-refractivity contribution < 1.29 is 14.7 Å². The number of thioether (sulfide) groups is 1. The van der Waals surface area contributed by atoms with Crippen molar-refractivity contribution in [2.45, 2.75) is 50.3 Å². The second-order valence-electron chi connectivity index (χ2n) is 5.66. The average molecular weight is 286 g/mol. The largest absolute Gasteiger partial charge is 0.481 e. The molecule has 2 aliphatic rings. The van der Waals surface area contributed by atoms with Crippen molar-refractivity contribution >= 4 is 23.8 Å². The highest BCUT2D eigenvalue weighted by Crippen LogP contribution is 2.38. The van der Waals surface area contributed by atoms with E-state index in [1.807, 2.05) is 11.8 Å². The van der Waals surface area contributed by atoms with Gasteiger partial charge in [-0.25, -0.2) is 4.79 Å². The molecule has 6 heteroatoms. The van der Waals surface area contributed by atoms with E-state index in [0.717, 1.165) is 19.3 Å². The van der Waals surface area contributed by atoms with Gasteiger partial charge < -0.3 is 15.7 Å². The van der Waals surface area contributed by atoms with Gasteiger partial charge in [0.15, 0.2) is 0 Å². The number of carboxylic acids is 1. The number of hydrogen-bond donors (Lipinski definition) is 3. The van der Waals surface area contributed by atoms with Crippen molar-refractivity contribution in [3.8, 4) is 0 Å². The summed E-state index contributed by atoms with van der Waals surface area (Å²) in [6.45, 7) is 2.40. The Morgan fingerprint density at radius 2 is 2.16 bits per heavy atom. The lowest BCUT2D eigenvalue weighted by atomic mass is 9.85. The second-order valence-corrected chi connectivity index (χ2v) is 7.07. The highest BCUT2D eigenvalue weighted by atomic mass is 32.2. The van der Waals surface area contributed by atoms with Crippen LogP contribution in [0.25, 0.3) is 0 Å². The number of carbonyl (C=O) groups excluding carboxylic acids is 1. The van der Waals surface area contributed by atoms with Crippen LogP contribution in [-0.4, -0.2) is 40.7 Å². The molecule has 3 atom stereocenters. The first kappa shape index (κ1) is 14.5.